The molecule has 1 atom stereocenters. The van der Waals surface area contributed by atoms with Gasteiger partial charge in [-0.3, -0.25) is 0 Å². The molecule has 0 radical (unpaired) electrons. The molecule has 1 N–H and O–H groups in total. The number of aromatic nitrogens is 2. The number of rotatable bonds is 5. The first kappa shape index (κ1) is 16.6. The molecule has 130 valence electrons. The van der Waals surface area contributed by atoms with Gasteiger partial charge in [-0.05, 0) is 24.8 Å². The van der Waals surface area contributed by atoms with E-state index in [0.29, 0.717) is 22.8 Å². The molecule has 1 unspecified atom stereocenters. The van der Waals surface area contributed by atoms with E-state index in [9.17, 15) is 5.11 Å². The summed E-state index contributed by atoms with van der Waals surface area (Å²) >= 11 is 0. The van der Waals surface area contributed by atoms with E-state index in [0.717, 1.165) is 37.1 Å². The normalized spacial score (nSPS) is 17.8. The van der Waals surface area contributed by atoms with E-state index in [4.69, 9.17) is 14.2 Å². The summed E-state index contributed by atoms with van der Waals surface area (Å²) in [6, 6.07) is 1.88. The zero-order chi connectivity index (χ0) is 17.1. The molecular formula is C17H23N3O4. The lowest BCUT2D eigenvalue weighted by atomic mass is 9.98. The summed E-state index contributed by atoms with van der Waals surface area (Å²) in [6.07, 6.45) is 3.60. The average Bonchev–Trinajstić information content (AvgIpc) is 2.65. The van der Waals surface area contributed by atoms with Gasteiger partial charge in [-0.1, -0.05) is 0 Å². The molecule has 1 aliphatic rings. The van der Waals surface area contributed by atoms with Gasteiger partial charge < -0.3 is 24.2 Å². The van der Waals surface area contributed by atoms with Gasteiger partial charge >= 0.3 is 0 Å². The summed E-state index contributed by atoms with van der Waals surface area (Å²) in [5, 5.41) is 10.3. The van der Waals surface area contributed by atoms with Gasteiger partial charge in [-0.15, -0.1) is 0 Å². The van der Waals surface area contributed by atoms with Crippen molar-refractivity contribution < 1.29 is 19.3 Å². The molecule has 1 aromatic heterocycles. The number of fused-ring (bicyclic) bond motifs is 1. The summed E-state index contributed by atoms with van der Waals surface area (Å²) in [5.41, 5.74) is 0.686. The number of piperidine rings is 1. The fourth-order valence-electron chi connectivity index (χ4n) is 3.31. The molecule has 2 aromatic rings. The van der Waals surface area contributed by atoms with Gasteiger partial charge in [0.15, 0.2) is 11.5 Å². The molecule has 1 saturated heterocycles. The molecule has 7 heteroatoms. The van der Waals surface area contributed by atoms with Crippen molar-refractivity contribution in [1.29, 1.82) is 0 Å². The van der Waals surface area contributed by atoms with Crippen molar-refractivity contribution in [2.75, 3.05) is 45.9 Å². The van der Waals surface area contributed by atoms with E-state index in [2.05, 4.69) is 14.9 Å². The van der Waals surface area contributed by atoms with Crippen LogP contribution in [0.1, 0.15) is 12.8 Å². The molecule has 0 bridgehead atoms. The van der Waals surface area contributed by atoms with E-state index >= 15 is 0 Å². The number of benzene rings is 1. The largest absolute Gasteiger partial charge is 0.493 e. The van der Waals surface area contributed by atoms with Crippen LogP contribution in [-0.2, 0) is 0 Å². The number of methoxy groups -OCH3 is 3. The van der Waals surface area contributed by atoms with Gasteiger partial charge in [0.2, 0.25) is 5.75 Å². The Morgan fingerprint density at radius 3 is 2.62 bits per heavy atom. The predicted molar refractivity (Wildman–Crippen MR) is 91.2 cm³/mol. The summed E-state index contributed by atoms with van der Waals surface area (Å²) in [4.78, 5) is 11.1. The minimum atomic E-state index is 0.194. The Morgan fingerprint density at radius 1 is 1.17 bits per heavy atom. The third kappa shape index (κ3) is 2.80. The van der Waals surface area contributed by atoms with Crippen LogP contribution in [0, 0.1) is 5.92 Å². The Bertz CT molecular complexity index is 723. The van der Waals surface area contributed by atoms with Crippen molar-refractivity contribution >= 4 is 16.7 Å². The second-order valence-corrected chi connectivity index (χ2v) is 5.88. The maximum Gasteiger partial charge on any atom is 0.205 e. The molecule has 0 saturated carbocycles. The molecule has 3 rings (SSSR count). The van der Waals surface area contributed by atoms with E-state index in [1.807, 2.05) is 6.07 Å². The zero-order valence-electron chi connectivity index (χ0n) is 14.3. The number of aliphatic hydroxyl groups excluding tert-OH is 1. The quantitative estimate of drug-likeness (QED) is 0.895. The SMILES string of the molecule is COc1cc2c(N3CCCC(CO)C3)ncnc2c(OC)c1OC. The van der Waals surface area contributed by atoms with Crippen LogP contribution in [0.2, 0.25) is 0 Å². The smallest absolute Gasteiger partial charge is 0.205 e. The Hall–Kier alpha value is -2.28. The molecular weight excluding hydrogens is 310 g/mol. The lowest BCUT2D eigenvalue weighted by Gasteiger charge is -2.33. The highest BCUT2D eigenvalue weighted by molar-refractivity contribution is 5.97. The molecule has 24 heavy (non-hydrogen) atoms. The first-order valence-electron chi connectivity index (χ1n) is 8.03. The fourth-order valence-corrected chi connectivity index (χ4v) is 3.31. The maximum absolute atomic E-state index is 9.49. The highest BCUT2D eigenvalue weighted by atomic mass is 16.5. The highest BCUT2D eigenvalue weighted by Crippen LogP contribution is 2.44. The van der Waals surface area contributed by atoms with Crippen molar-refractivity contribution in [3.8, 4) is 17.2 Å². The predicted octanol–water partition coefficient (Wildman–Crippen LogP) is 1.86. The second kappa shape index (κ2) is 7.09. The molecule has 7 nitrogen and oxygen atoms in total. The van der Waals surface area contributed by atoms with Crippen LogP contribution in [0.25, 0.3) is 10.9 Å². The van der Waals surface area contributed by atoms with E-state index < -0.39 is 0 Å². The van der Waals surface area contributed by atoms with Gasteiger partial charge in [0, 0.05) is 19.7 Å². The van der Waals surface area contributed by atoms with Crippen molar-refractivity contribution in [3.63, 3.8) is 0 Å². The van der Waals surface area contributed by atoms with Gasteiger partial charge in [0.1, 0.15) is 17.7 Å². The molecule has 0 spiro atoms. The van der Waals surface area contributed by atoms with Gasteiger partial charge in [-0.2, -0.15) is 0 Å². The topological polar surface area (TPSA) is 76.9 Å². The standard InChI is InChI=1S/C17H23N3O4/c1-22-13-7-12-14(16(24-3)15(13)23-2)18-10-19-17(12)20-6-4-5-11(8-20)9-21/h7,10-11,21H,4-6,8-9H2,1-3H3. The summed E-state index contributed by atoms with van der Waals surface area (Å²) in [6.45, 7) is 1.87. The third-order valence-corrected chi connectivity index (χ3v) is 4.49. The lowest BCUT2D eigenvalue weighted by molar-refractivity contribution is 0.208. The highest BCUT2D eigenvalue weighted by Gasteiger charge is 2.25. The van der Waals surface area contributed by atoms with E-state index in [1.54, 1.807) is 21.3 Å². The monoisotopic (exact) mass is 333 g/mol. The molecule has 0 aliphatic carbocycles. The molecule has 0 amide bonds. The van der Waals surface area contributed by atoms with Crippen LogP contribution in [0.3, 0.4) is 0 Å². The van der Waals surface area contributed by atoms with Crippen molar-refractivity contribution in [2.24, 2.45) is 5.92 Å². The fraction of sp³-hybridized carbons (Fsp3) is 0.529. The van der Waals surface area contributed by atoms with Crippen molar-refractivity contribution in [2.45, 2.75) is 12.8 Å². The minimum Gasteiger partial charge on any atom is -0.493 e. The first-order chi connectivity index (χ1) is 11.7. The molecule has 1 fully saturated rings. The zero-order valence-corrected chi connectivity index (χ0v) is 14.3. The van der Waals surface area contributed by atoms with Crippen LogP contribution in [0.4, 0.5) is 5.82 Å². The van der Waals surface area contributed by atoms with E-state index in [1.165, 1.54) is 6.33 Å². The Morgan fingerprint density at radius 2 is 1.96 bits per heavy atom. The lowest BCUT2D eigenvalue weighted by Crippen LogP contribution is -2.37. The van der Waals surface area contributed by atoms with Gasteiger partial charge in [0.05, 0.1) is 26.7 Å². The van der Waals surface area contributed by atoms with Gasteiger partial charge in [-0.25, -0.2) is 9.97 Å². The van der Waals surface area contributed by atoms with Crippen molar-refractivity contribution in [1.82, 2.24) is 9.97 Å². The minimum absolute atomic E-state index is 0.194. The first-order valence-corrected chi connectivity index (χ1v) is 8.03. The van der Waals surface area contributed by atoms with Gasteiger partial charge in [0.25, 0.3) is 0 Å². The number of nitrogens with zero attached hydrogens (tertiary/aromatic N) is 3. The Labute approximate surface area is 141 Å². The number of aliphatic hydroxyl groups is 1. The van der Waals surface area contributed by atoms with Crippen LogP contribution in [0.5, 0.6) is 17.2 Å². The molecule has 2 heterocycles. The van der Waals surface area contributed by atoms with Crippen LogP contribution >= 0.6 is 0 Å². The Kier molecular flexibility index (Phi) is 4.89. The number of hydrogen-bond donors (Lipinski definition) is 1. The third-order valence-electron chi connectivity index (χ3n) is 4.49. The number of anilines is 1. The summed E-state index contributed by atoms with van der Waals surface area (Å²) in [5.74, 6) is 2.73. The summed E-state index contributed by atoms with van der Waals surface area (Å²) < 4.78 is 16.4. The number of hydrogen-bond acceptors (Lipinski definition) is 7. The van der Waals surface area contributed by atoms with Crippen LogP contribution < -0.4 is 19.1 Å². The van der Waals surface area contributed by atoms with Crippen LogP contribution in [-0.4, -0.2) is 56.1 Å². The maximum atomic E-state index is 9.49. The number of ether oxygens (including phenoxy) is 3. The second-order valence-electron chi connectivity index (χ2n) is 5.88. The average molecular weight is 333 g/mol. The summed E-state index contributed by atoms with van der Waals surface area (Å²) in [7, 11) is 4.75. The van der Waals surface area contributed by atoms with Crippen LogP contribution in [0.15, 0.2) is 12.4 Å². The van der Waals surface area contributed by atoms with E-state index in [-0.39, 0.29) is 12.5 Å². The van der Waals surface area contributed by atoms with Crippen molar-refractivity contribution in [3.05, 3.63) is 12.4 Å². The Balaban J connectivity index is 2.16. The molecule has 1 aliphatic heterocycles. The molecule has 1 aromatic carbocycles.